The molecule has 0 bridgehead atoms. The summed E-state index contributed by atoms with van der Waals surface area (Å²) in [6.07, 6.45) is 1.45. The average Bonchev–Trinajstić information content (AvgIpc) is 2.48. The molecule has 104 valence electrons. The molecule has 0 atom stereocenters. The van der Waals surface area contributed by atoms with Crippen molar-refractivity contribution in [1.29, 1.82) is 0 Å². The summed E-state index contributed by atoms with van der Waals surface area (Å²) < 4.78 is 0. The third-order valence-electron chi connectivity index (χ3n) is 2.86. The lowest BCUT2D eigenvalue weighted by Crippen LogP contribution is -2.10. The summed E-state index contributed by atoms with van der Waals surface area (Å²) in [7, 11) is 0. The van der Waals surface area contributed by atoms with Crippen LogP contribution < -0.4 is 5.32 Å². The molecule has 1 amide bonds. The van der Waals surface area contributed by atoms with Gasteiger partial charge in [0.15, 0.2) is 0 Å². The van der Waals surface area contributed by atoms with E-state index < -0.39 is 0 Å². The van der Waals surface area contributed by atoms with Crippen LogP contribution in [-0.4, -0.2) is 5.91 Å². The molecule has 0 aromatic heterocycles. The second kappa shape index (κ2) is 7.75. The van der Waals surface area contributed by atoms with Crippen molar-refractivity contribution in [1.82, 2.24) is 0 Å². The first kappa shape index (κ1) is 14.7. The fraction of sp³-hybridized carbons (Fsp3) is 0.235. The fourth-order valence-corrected chi connectivity index (χ4v) is 2.68. The molecule has 2 aromatic rings. The number of anilines is 1. The van der Waals surface area contributed by atoms with E-state index in [9.17, 15) is 4.79 Å². The third-order valence-corrected chi connectivity index (χ3v) is 3.95. The van der Waals surface area contributed by atoms with Crippen LogP contribution in [0.3, 0.4) is 0 Å². The van der Waals surface area contributed by atoms with E-state index in [2.05, 4.69) is 41.7 Å². The monoisotopic (exact) mass is 285 g/mol. The molecule has 2 aromatic carbocycles. The molecule has 0 radical (unpaired) electrons. The number of nitrogens with one attached hydrogen (secondary N) is 1. The van der Waals surface area contributed by atoms with Gasteiger partial charge in [-0.25, -0.2) is 0 Å². The summed E-state index contributed by atoms with van der Waals surface area (Å²) in [5, 5.41) is 2.90. The fourth-order valence-electron chi connectivity index (χ4n) is 1.83. The van der Waals surface area contributed by atoms with Crippen LogP contribution in [-0.2, 0) is 10.5 Å². The number of carbonyl (C=O) groups excluding carboxylic acids is 1. The zero-order valence-corrected chi connectivity index (χ0v) is 12.5. The lowest BCUT2D eigenvalue weighted by molar-refractivity contribution is -0.116. The summed E-state index contributed by atoms with van der Waals surface area (Å²) in [5.41, 5.74) is 2.19. The van der Waals surface area contributed by atoms with Gasteiger partial charge in [-0.15, -0.1) is 11.8 Å². The van der Waals surface area contributed by atoms with E-state index in [1.54, 1.807) is 11.8 Å². The highest BCUT2D eigenvalue weighted by Crippen LogP contribution is 2.24. The third kappa shape index (κ3) is 4.74. The van der Waals surface area contributed by atoms with Gasteiger partial charge in [-0.2, -0.15) is 0 Å². The Morgan fingerprint density at radius 3 is 2.40 bits per heavy atom. The molecular formula is C17H19NOS. The number of thioether (sulfide) groups is 1. The number of carbonyl (C=O) groups is 1. The average molecular weight is 285 g/mol. The molecule has 20 heavy (non-hydrogen) atoms. The first-order chi connectivity index (χ1) is 9.78. The summed E-state index contributed by atoms with van der Waals surface area (Å²) in [6.45, 7) is 2.00. The van der Waals surface area contributed by atoms with Gasteiger partial charge in [-0.1, -0.05) is 37.3 Å². The molecule has 0 aliphatic heterocycles. The zero-order chi connectivity index (χ0) is 14.2. The van der Waals surface area contributed by atoms with E-state index in [0.29, 0.717) is 6.42 Å². The van der Waals surface area contributed by atoms with Gasteiger partial charge in [-0.3, -0.25) is 4.79 Å². The minimum Gasteiger partial charge on any atom is -0.326 e. The Bertz CT molecular complexity index is 537. The number of amides is 1. The van der Waals surface area contributed by atoms with Gasteiger partial charge in [0.1, 0.15) is 0 Å². The number of rotatable bonds is 6. The lowest BCUT2D eigenvalue weighted by Gasteiger charge is -2.06. The molecule has 0 aliphatic carbocycles. The Balaban J connectivity index is 1.87. The summed E-state index contributed by atoms with van der Waals surface area (Å²) in [4.78, 5) is 12.7. The maximum Gasteiger partial charge on any atom is 0.224 e. The molecule has 1 N–H and O–H groups in total. The Labute approximate surface area is 124 Å². The van der Waals surface area contributed by atoms with Gasteiger partial charge < -0.3 is 5.32 Å². The molecular weight excluding hydrogens is 266 g/mol. The number of benzene rings is 2. The van der Waals surface area contributed by atoms with Gasteiger partial charge in [0.05, 0.1) is 0 Å². The van der Waals surface area contributed by atoms with Crippen molar-refractivity contribution in [2.45, 2.75) is 30.4 Å². The van der Waals surface area contributed by atoms with Crippen LogP contribution in [0.15, 0.2) is 59.5 Å². The maximum atomic E-state index is 11.5. The maximum absolute atomic E-state index is 11.5. The van der Waals surface area contributed by atoms with Crippen molar-refractivity contribution >= 4 is 23.4 Å². The highest BCUT2D eigenvalue weighted by Gasteiger charge is 2.01. The second-order valence-corrected chi connectivity index (χ2v) is 5.65. The van der Waals surface area contributed by atoms with Gasteiger partial charge in [-0.05, 0) is 36.2 Å². The summed E-state index contributed by atoms with van der Waals surface area (Å²) >= 11 is 1.80. The minimum absolute atomic E-state index is 0.0807. The topological polar surface area (TPSA) is 29.1 Å². The van der Waals surface area contributed by atoms with Crippen molar-refractivity contribution < 1.29 is 4.79 Å². The molecule has 0 aliphatic rings. The molecule has 0 fully saturated rings. The second-order valence-electron chi connectivity index (χ2n) is 4.60. The smallest absolute Gasteiger partial charge is 0.224 e. The Hall–Kier alpha value is -1.74. The summed E-state index contributed by atoms with van der Waals surface area (Å²) in [6, 6.07) is 18.4. The molecule has 0 unspecified atom stereocenters. The van der Waals surface area contributed by atoms with Gasteiger partial charge in [0.2, 0.25) is 5.91 Å². The SMILES string of the molecule is CCCC(=O)Nc1ccc(SCc2ccccc2)cc1. The van der Waals surface area contributed by atoms with Crippen molar-refractivity contribution in [3.63, 3.8) is 0 Å². The zero-order valence-electron chi connectivity index (χ0n) is 11.6. The first-order valence-electron chi connectivity index (χ1n) is 6.84. The normalized spacial score (nSPS) is 10.2. The highest BCUT2D eigenvalue weighted by atomic mass is 32.2. The molecule has 0 saturated heterocycles. The van der Waals surface area contributed by atoms with Crippen molar-refractivity contribution in [2.75, 3.05) is 5.32 Å². The van der Waals surface area contributed by atoms with E-state index in [1.807, 2.05) is 25.1 Å². The van der Waals surface area contributed by atoms with Crippen LogP contribution >= 0.6 is 11.8 Å². The van der Waals surface area contributed by atoms with E-state index in [0.717, 1.165) is 17.9 Å². The quantitative estimate of drug-likeness (QED) is 0.778. The van der Waals surface area contributed by atoms with Crippen LogP contribution in [0.5, 0.6) is 0 Å². The van der Waals surface area contributed by atoms with Crippen molar-refractivity contribution in [3.8, 4) is 0 Å². The predicted molar refractivity (Wildman–Crippen MR) is 86.0 cm³/mol. The molecule has 0 spiro atoms. The van der Waals surface area contributed by atoms with Crippen LogP contribution in [0.25, 0.3) is 0 Å². The van der Waals surface area contributed by atoms with E-state index in [-0.39, 0.29) is 5.91 Å². The molecule has 2 nitrogen and oxygen atoms in total. The predicted octanol–water partition coefficient (Wildman–Crippen LogP) is 4.72. The lowest BCUT2D eigenvalue weighted by atomic mass is 10.2. The van der Waals surface area contributed by atoms with Crippen LogP contribution in [0.2, 0.25) is 0 Å². The van der Waals surface area contributed by atoms with Crippen LogP contribution in [0, 0.1) is 0 Å². The number of hydrogen-bond donors (Lipinski definition) is 1. The van der Waals surface area contributed by atoms with E-state index in [1.165, 1.54) is 10.5 Å². The first-order valence-corrected chi connectivity index (χ1v) is 7.83. The van der Waals surface area contributed by atoms with E-state index in [4.69, 9.17) is 0 Å². The number of hydrogen-bond acceptors (Lipinski definition) is 2. The van der Waals surface area contributed by atoms with E-state index >= 15 is 0 Å². The Kier molecular flexibility index (Phi) is 5.69. The highest BCUT2D eigenvalue weighted by molar-refractivity contribution is 7.98. The van der Waals surface area contributed by atoms with Crippen molar-refractivity contribution in [3.05, 3.63) is 60.2 Å². The standard InChI is InChI=1S/C17H19NOS/c1-2-6-17(19)18-15-9-11-16(12-10-15)20-13-14-7-4-3-5-8-14/h3-5,7-12H,2,6,13H2,1H3,(H,18,19). The van der Waals surface area contributed by atoms with Crippen LogP contribution in [0.4, 0.5) is 5.69 Å². The molecule has 2 rings (SSSR count). The largest absolute Gasteiger partial charge is 0.326 e. The minimum atomic E-state index is 0.0807. The summed E-state index contributed by atoms with van der Waals surface area (Å²) in [5.74, 6) is 1.04. The molecule has 3 heteroatoms. The van der Waals surface area contributed by atoms with Gasteiger partial charge in [0, 0.05) is 22.8 Å². The Morgan fingerprint density at radius 2 is 1.75 bits per heavy atom. The molecule has 0 heterocycles. The van der Waals surface area contributed by atoms with Gasteiger partial charge in [0.25, 0.3) is 0 Å². The Morgan fingerprint density at radius 1 is 1.05 bits per heavy atom. The molecule has 0 saturated carbocycles. The van der Waals surface area contributed by atoms with Gasteiger partial charge >= 0.3 is 0 Å². The van der Waals surface area contributed by atoms with Crippen LogP contribution in [0.1, 0.15) is 25.3 Å². The van der Waals surface area contributed by atoms with Crippen molar-refractivity contribution in [2.24, 2.45) is 0 Å².